The fourth-order valence-corrected chi connectivity index (χ4v) is 2.40. The second kappa shape index (κ2) is 6.93. The predicted molar refractivity (Wildman–Crippen MR) is 85.8 cm³/mol. The van der Waals surface area contributed by atoms with Crippen LogP contribution in [0.2, 0.25) is 0 Å². The molecule has 0 bridgehead atoms. The first kappa shape index (κ1) is 15.1. The van der Waals surface area contributed by atoms with E-state index in [1.165, 1.54) is 0 Å². The first-order valence-electron chi connectivity index (χ1n) is 7.16. The maximum absolute atomic E-state index is 12.6. The lowest BCUT2D eigenvalue weighted by Crippen LogP contribution is -2.21. The molecule has 1 atom stereocenters. The molecule has 2 aromatic rings. The molecule has 0 aliphatic rings. The fraction of sp³-hybridized carbons (Fsp3) is 0.278. The van der Waals surface area contributed by atoms with Gasteiger partial charge in [0.15, 0.2) is 0 Å². The highest BCUT2D eigenvalue weighted by atomic mass is 16.5. The summed E-state index contributed by atoms with van der Waals surface area (Å²) in [4.78, 5) is 12.6. The summed E-state index contributed by atoms with van der Waals surface area (Å²) < 4.78 is 5.31. The minimum absolute atomic E-state index is 0.00685. The van der Waals surface area contributed by atoms with Gasteiger partial charge in [-0.3, -0.25) is 4.79 Å². The molecule has 3 heteroatoms. The minimum atomic E-state index is -0.156. The van der Waals surface area contributed by atoms with Gasteiger partial charge in [-0.2, -0.15) is 0 Å². The number of amides is 1. The summed E-state index contributed by atoms with van der Waals surface area (Å²) in [6.45, 7) is 4.01. The van der Waals surface area contributed by atoms with Gasteiger partial charge in [0.05, 0.1) is 18.7 Å². The average molecular weight is 283 g/mol. The molecule has 0 fully saturated rings. The second-order valence-electron chi connectivity index (χ2n) is 5.06. The highest BCUT2D eigenvalue weighted by molar-refractivity contribution is 5.97. The van der Waals surface area contributed by atoms with E-state index in [1.54, 1.807) is 7.11 Å². The van der Waals surface area contributed by atoms with E-state index in [9.17, 15) is 4.79 Å². The van der Waals surface area contributed by atoms with Crippen LogP contribution in [0.3, 0.4) is 0 Å². The van der Waals surface area contributed by atoms with Crippen LogP contribution in [0, 0.1) is 6.92 Å². The van der Waals surface area contributed by atoms with Crippen LogP contribution in [0.5, 0.6) is 5.75 Å². The SMILES string of the molecule is CCC(C(=O)Nc1cc(C)ccc1OC)c1ccccc1. The standard InChI is InChI=1S/C18H21NO2/c1-4-15(14-8-6-5-7-9-14)18(20)19-16-12-13(2)10-11-17(16)21-3/h5-12,15H,4H2,1-3H3,(H,19,20). The van der Waals surface area contributed by atoms with Gasteiger partial charge in [-0.25, -0.2) is 0 Å². The van der Waals surface area contributed by atoms with Crippen molar-refractivity contribution in [1.29, 1.82) is 0 Å². The Labute approximate surface area is 126 Å². The molecule has 0 saturated carbocycles. The number of ether oxygens (including phenoxy) is 1. The van der Waals surface area contributed by atoms with Gasteiger partial charge in [-0.05, 0) is 36.6 Å². The number of rotatable bonds is 5. The van der Waals surface area contributed by atoms with Crippen LogP contribution < -0.4 is 10.1 Å². The van der Waals surface area contributed by atoms with Gasteiger partial charge in [0.2, 0.25) is 5.91 Å². The third-order valence-corrected chi connectivity index (χ3v) is 3.54. The maximum atomic E-state index is 12.6. The Hall–Kier alpha value is -2.29. The molecule has 0 aliphatic heterocycles. The zero-order valence-corrected chi connectivity index (χ0v) is 12.7. The molecule has 0 spiro atoms. The molecule has 0 heterocycles. The summed E-state index contributed by atoms with van der Waals surface area (Å²) in [6.07, 6.45) is 0.754. The van der Waals surface area contributed by atoms with Gasteiger partial charge < -0.3 is 10.1 Å². The van der Waals surface area contributed by atoms with Crippen molar-refractivity contribution in [3.63, 3.8) is 0 Å². The Balaban J connectivity index is 2.22. The first-order chi connectivity index (χ1) is 10.2. The van der Waals surface area contributed by atoms with Gasteiger partial charge in [0.25, 0.3) is 0 Å². The van der Waals surface area contributed by atoms with Crippen molar-refractivity contribution in [1.82, 2.24) is 0 Å². The molecule has 3 nitrogen and oxygen atoms in total. The highest BCUT2D eigenvalue weighted by Gasteiger charge is 2.19. The number of carbonyl (C=O) groups is 1. The summed E-state index contributed by atoms with van der Waals surface area (Å²) in [5.74, 6) is 0.515. The molecule has 0 radical (unpaired) electrons. The fourth-order valence-electron chi connectivity index (χ4n) is 2.40. The summed E-state index contributed by atoms with van der Waals surface area (Å²) in [5.41, 5.74) is 2.83. The zero-order chi connectivity index (χ0) is 15.2. The lowest BCUT2D eigenvalue weighted by molar-refractivity contribution is -0.117. The zero-order valence-electron chi connectivity index (χ0n) is 12.7. The van der Waals surface area contributed by atoms with Crippen molar-refractivity contribution in [3.05, 3.63) is 59.7 Å². The van der Waals surface area contributed by atoms with E-state index < -0.39 is 0 Å². The molecule has 1 amide bonds. The van der Waals surface area contributed by atoms with Crippen LogP contribution in [0.25, 0.3) is 0 Å². The molecule has 1 unspecified atom stereocenters. The van der Waals surface area contributed by atoms with Crippen molar-refractivity contribution in [2.24, 2.45) is 0 Å². The predicted octanol–water partition coefficient (Wildman–Crippen LogP) is 4.14. The number of carbonyl (C=O) groups excluding carboxylic acids is 1. The van der Waals surface area contributed by atoms with E-state index in [0.717, 1.165) is 23.2 Å². The van der Waals surface area contributed by atoms with E-state index in [-0.39, 0.29) is 11.8 Å². The summed E-state index contributed by atoms with van der Waals surface area (Å²) in [7, 11) is 1.61. The first-order valence-corrected chi connectivity index (χ1v) is 7.16. The minimum Gasteiger partial charge on any atom is -0.495 e. The summed E-state index contributed by atoms with van der Waals surface area (Å²) >= 11 is 0. The number of aryl methyl sites for hydroxylation is 1. The van der Waals surface area contributed by atoms with Gasteiger partial charge in [0.1, 0.15) is 5.75 Å². The van der Waals surface area contributed by atoms with Crippen LogP contribution in [0.4, 0.5) is 5.69 Å². The Morgan fingerprint density at radius 1 is 1.19 bits per heavy atom. The largest absolute Gasteiger partial charge is 0.495 e. The molecular weight excluding hydrogens is 262 g/mol. The van der Waals surface area contributed by atoms with Crippen molar-refractivity contribution < 1.29 is 9.53 Å². The normalized spacial score (nSPS) is 11.8. The van der Waals surface area contributed by atoms with Crippen LogP contribution in [0.1, 0.15) is 30.4 Å². The van der Waals surface area contributed by atoms with Crippen molar-refractivity contribution in [2.45, 2.75) is 26.2 Å². The smallest absolute Gasteiger partial charge is 0.232 e. The number of hydrogen-bond acceptors (Lipinski definition) is 2. The van der Waals surface area contributed by atoms with E-state index in [4.69, 9.17) is 4.74 Å². The van der Waals surface area contributed by atoms with E-state index in [1.807, 2.05) is 62.4 Å². The van der Waals surface area contributed by atoms with Gasteiger partial charge in [-0.15, -0.1) is 0 Å². The summed E-state index contributed by atoms with van der Waals surface area (Å²) in [6, 6.07) is 15.6. The third-order valence-electron chi connectivity index (χ3n) is 3.54. The molecule has 0 aromatic heterocycles. The highest BCUT2D eigenvalue weighted by Crippen LogP contribution is 2.28. The van der Waals surface area contributed by atoms with Crippen molar-refractivity contribution in [3.8, 4) is 5.75 Å². The number of anilines is 1. The van der Waals surface area contributed by atoms with Crippen LogP contribution >= 0.6 is 0 Å². The average Bonchev–Trinajstić information content (AvgIpc) is 2.49. The molecule has 2 aromatic carbocycles. The number of methoxy groups -OCH3 is 1. The topological polar surface area (TPSA) is 38.3 Å². The van der Waals surface area contributed by atoms with Crippen molar-refractivity contribution in [2.75, 3.05) is 12.4 Å². The number of hydrogen-bond donors (Lipinski definition) is 1. The maximum Gasteiger partial charge on any atom is 0.232 e. The Morgan fingerprint density at radius 3 is 2.52 bits per heavy atom. The third kappa shape index (κ3) is 3.63. The van der Waals surface area contributed by atoms with E-state index >= 15 is 0 Å². The Morgan fingerprint density at radius 2 is 1.90 bits per heavy atom. The quantitative estimate of drug-likeness (QED) is 0.895. The Bertz CT molecular complexity index is 608. The Kier molecular flexibility index (Phi) is 4.99. The molecule has 2 rings (SSSR count). The van der Waals surface area contributed by atoms with Crippen molar-refractivity contribution >= 4 is 11.6 Å². The lowest BCUT2D eigenvalue weighted by atomic mass is 9.95. The second-order valence-corrected chi connectivity index (χ2v) is 5.06. The molecule has 110 valence electrons. The van der Waals surface area contributed by atoms with Crippen LogP contribution in [0.15, 0.2) is 48.5 Å². The monoisotopic (exact) mass is 283 g/mol. The van der Waals surface area contributed by atoms with E-state index in [0.29, 0.717) is 5.75 Å². The molecule has 21 heavy (non-hydrogen) atoms. The van der Waals surface area contributed by atoms with E-state index in [2.05, 4.69) is 5.32 Å². The van der Waals surface area contributed by atoms with Crippen LogP contribution in [-0.4, -0.2) is 13.0 Å². The molecule has 1 N–H and O–H groups in total. The molecule has 0 saturated heterocycles. The van der Waals surface area contributed by atoms with Crippen LogP contribution in [-0.2, 0) is 4.79 Å². The van der Waals surface area contributed by atoms with Gasteiger partial charge in [0, 0.05) is 0 Å². The van der Waals surface area contributed by atoms with Gasteiger partial charge in [-0.1, -0.05) is 43.3 Å². The van der Waals surface area contributed by atoms with Gasteiger partial charge >= 0.3 is 0 Å². The summed E-state index contributed by atoms with van der Waals surface area (Å²) in [5, 5.41) is 2.99. The number of benzene rings is 2. The lowest BCUT2D eigenvalue weighted by Gasteiger charge is -2.17. The number of nitrogens with one attached hydrogen (secondary N) is 1. The molecule has 0 aliphatic carbocycles. The molecular formula is C18H21NO2.